The molecule has 1 aromatic heterocycles. The van der Waals surface area contributed by atoms with E-state index in [-0.39, 0.29) is 22.8 Å². The Bertz CT molecular complexity index is 377. The lowest BCUT2D eigenvalue weighted by atomic mass is 9.82. The van der Waals surface area contributed by atoms with Crippen LogP contribution in [0.3, 0.4) is 0 Å². The molecule has 1 aromatic rings. The maximum absolute atomic E-state index is 11.6. The van der Waals surface area contributed by atoms with Gasteiger partial charge in [-0.1, -0.05) is 18.5 Å². The molecule has 0 radical (unpaired) electrons. The molecule has 1 N–H and O–H groups in total. The molecule has 80 valence electrons. The van der Waals surface area contributed by atoms with E-state index in [0.717, 1.165) is 12.8 Å². The van der Waals surface area contributed by atoms with Crippen LogP contribution in [0.1, 0.15) is 30.3 Å². The highest BCUT2D eigenvalue weighted by molar-refractivity contribution is 6.29. The number of nitrogens with zero attached hydrogens (tertiary/aromatic N) is 2. The van der Waals surface area contributed by atoms with Crippen LogP contribution in [-0.2, 0) is 0 Å². The Balaban J connectivity index is 1.96. The lowest BCUT2D eigenvalue weighted by Crippen LogP contribution is -2.43. The topological polar surface area (TPSA) is 54.9 Å². The fraction of sp³-hybridized carbons (Fsp3) is 0.500. The Hall–Kier alpha value is -1.16. The summed E-state index contributed by atoms with van der Waals surface area (Å²) in [6.07, 6.45) is 4.91. The lowest BCUT2D eigenvalue weighted by molar-refractivity contribution is 0.0890. The monoisotopic (exact) mass is 225 g/mol. The number of hydrogen-bond donors (Lipinski definition) is 1. The van der Waals surface area contributed by atoms with Gasteiger partial charge in [0.25, 0.3) is 5.91 Å². The fourth-order valence-electron chi connectivity index (χ4n) is 1.73. The molecule has 4 nitrogen and oxygen atoms in total. The van der Waals surface area contributed by atoms with Crippen LogP contribution in [0.2, 0.25) is 5.15 Å². The highest BCUT2D eigenvalue weighted by Gasteiger charge is 2.27. The van der Waals surface area contributed by atoms with Crippen LogP contribution < -0.4 is 5.32 Å². The van der Waals surface area contributed by atoms with E-state index < -0.39 is 0 Å². The third-order valence-corrected chi connectivity index (χ3v) is 2.73. The van der Waals surface area contributed by atoms with Crippen molar-refractivity contribution in [1.29, 1.82) is 0 Å². The second-order valence-electron chi connectivity index (χ2n) is 3.97. The van der Waals surface area contributed by atoms with Gasteiger partial charge in [-0.15, -0.1) is 0 Å². The molecule has 0 bridgehead atoms. The summed E-state index contributed by atoms with van der Waals surface area (Å²) in [5.74, 6) is 0.516. The highest BCUT2D eigenvalue weighted by atomic mass is 35.5. The molecule has 1 amide bonds. The van der Waals surface area contributed by atoms with Crippen LogP contribution in [0.15, 0.2) is 12.4 Å². The third kappa shape index (κ3) is 2.45. The van der Waals surface area contributed by atoms with E-state index in [4.69, 9.17) is 11.6 Å². The minimum absolute atomic E-state index is 0.193. The molecular weight excluding hydrogens is 214 g/mol. The normalized spacial score (nSPS) is 24.4. The van der Waals surface area contributed by atoms with Crippen molar-refractivity contribution in [2.45, 2.75) is 25.8 Å². The first kappa shape index (κ1) is 10.4. The molecule has 1 aliphatic carbocycles. The minimum Gasteiger partial charge on any atom is -0.348 e. The quantitative estimate of drug-likeness (QED) is 0.833. The van der Waals surface area contributed by atoms with Gasteiger partial charge >= 0.3 is 0 Å². The van der Waals surface area contributed by atoms with E-state index in [2.05, 4.69) is 22.2 Å². The van der Waals surface area contributed by atoms with Crippen LogP contribution in [0.4, 0.5) is 0 Å². The van der Waals surface area contributed by atoms with Crippen molar-refractivity contribution in [3.63, 3.8) is 0 Å². The number of carbonyl (C=O) groups is 1. The molecule has 0 spiro atoms. The Kier molecular flexibility index (Phi) is 2.86. The maximum Gasteiger partial charge on any atom is 0.271 e. The van der Waals surface area contributed by atoms with Gasteiger partial charge in [-0.25, -0.2) is 4.98 Å². The van der Waals surface area contributed by atoms with E-state index in [1.807, 2.05) is 0 Å². The summed E-state index contributed by atoms with van der Waals surface area (Å²) in [6, 6.07) is 0.285. The zero-order chi connectivity index (χ0) is 10.8. The van der Waals surface area contributed by atoms with Crippen molar-refractivity contribution in [2.75, 3.05) is 0 Å². The van der Waals surface area contributed by atoms with Gasteiger partial charge in [-0.3, -0.25) is 9.78 Å². The number of rotatable bonds is 2. The van der Waals surface area contributed by atoms with Crippen molar-refractivity contribution in [3.8, 4) is 0 Å². The number of aromatic nitrogens is 2. The van der Waals surface area contributed by atoms with Gasteiger partial charge in [0.05, 0.1) is 12.4 Å². The average molecular weight is 226 g/mol. The number of amides is 1. The van der Waals surface area contributed by atoms with Gasteiger partial charge in [0.1, 0.15) is 10.8 Å². The minimum atomic E-state index is -0.193. The molecule has 2 rings (SSSR count). The Labute approximate surface area is 93.1 Å². The molecule has 1 fully saturated rings. The van der Waals surface area contributed by atoms with E-state index in [9.17, 15) is 4.79 Å². The summed E-state index contributed by atoms with van der Waals surface area (Å²) in [4.78, 5) is 19.3. The molecule has 0 aliphatic heterocycles. The number of hydrogen-bond acceptors (Lipinski definition) is 3. The smallest absolute Gasteiger partial charge is 0.271 e. The molecule has 5 heteroatoms. The molecule has 15 heavy (non-hydrogen) atoms. The molecule has 0 atom stereocenters. The van der Waals surface area contributed by atoms with E-state index >= 15 is 0 Å². The van der Waals surface area contributed by atoms with Gasteiger partial charge in [0, 0.05) is 6.04 Å². The van der Waals surface area contributed by atoms with Crippen molar-refractivity contribution < 1.29 is 4.79 Å². The molecule has 1 heterocycles. The van der Waals surface area contributed by atoms with Gasteiger partial charge < -0.3 is 5.32 Å². The maximum atomic E-state index is 11.6. The lowest BCUT2D eigenvalue weighted by Gasteiger charge is -2.33. The van der Waals surface area contributed by atoms with E-state index in [1.54, 1.807) is 0 Å². The Morgan fingerprint density at radius 2 is 2.27 bits per heavy atom. The second-order valence-corrected chi connectivity index (χ2v) is 4.36. The second kappa shape index (κ2) is 4.14. The Morgan fingerprint density at radius 3 is 2.87 bits per heavy atom. The Morgan fingerprint density at radius 1 is 1.53 bits per heavy atom. The van der Waals surface area contributed by atoms with Crippen molar-refractivity contribution in [3.05, 3.63) is 23.2 Å². The van der Waals surface area contributed by atoms with Gasteiger partial charge in [-0.05, 0) is 18.8 Å². The van der Waals surface area contributed by atoms with Gasteiger partial charge in [0.15, 0.2) is 0 Å². The van der Waals surface area contributed by atoms with Gasteiger partial charge in [0.2, 0.25) is 0 Å². The zero-order valence-electron chi connectivity index (χ0n) is 8.40. The van der Waals surface area contributed by atoms with Crippen LogP contribution in [0, 0.1) is 5.92 Å². The van der Waals surface area contributed by atoms with Crippen molar-refractivity contribution >= 4 is 17.5 Å². The molecule has 1 aliphatic rings. The summed E-state index contributed by atoms with van der Waals surface area (Å²) >= 11 is 5.64. The predicted octanol–water partition coefficient (Wildman–Crippen LogP) is 1.66. The molecule has 0 unspecified atom stereocenters. The summed E-state index contributed by atoms with van der Waals surface area (Å²) in [6.45, 7) is 2.17. The number of nitrogens with one attached hydrogen (secondary N) is 1. The first-order chi connectivity index (χ1) is 7.15. The van der Waals surface area contributed by atoms with Crippen LogP contribution in [0.25, 0.3) is 0 Å². The first-order valence-corrected chi connectivity index (χ1v) is 5.31. The fourth-order valence-corrected chi connectivity index (χ4v) is 1.88. The molecular formula is C10H12ClN3O. The predicted molar refractivity (Wildman–Crippen MR) is 56.7 cm³/mol. The SMILES string of the molecule is CC1CC(NC(=O)c2cncc(Cl)n2)C1. The first-order valence-electron chi connectivity index (χ1n) is 4.93. The van der Waals surface area contributed by atoms with Crippen molar-refractivity contribution in [2.24, 2.45) is 5.92 Å². The zero-order valence-corrected chi connectivity index (χ0v) is 9.16. The largest absolute Gasteiger partial charge is 0.348 e. The van der Waals surface area contributed by atoms with E-state index in [1.165, 1.54) is 12.4 Å². The molecule has 0 saturated heterocycles. The summed E-state index contributed by atoms with van der Waals surface area (Å²) in [7, 11) is 0. The third-order valence-electron chi connectivity index (χ3n) is 2.55. The number of carbonyl (C=O) groups excluding carboxylic acids is 1. The van der Waals surface area contributed by atoms with E-state index in [0.29, 0.717) is 5.92 Å². The van der Waals surface area contributed by atoms with Crippen LogP contribution in [-0.4, -0.2) is 21.9 Å². The van der Waals surface area contributed by atoms with Crippen LogP contribution >= 0.6 is 11.6 Å². The molecule has 0 aromatic carbocycles. The highest BCUT2D eigenvalue weighted by Crippen LogP contribution is 2.26. The van der Waals surface area contributed by atoms with Gasteiger partial charge in [-0.2, -0.15) is 0 Å². The summed E-state index contributed by atoms with van der Waals surface area (Å²) in [5, 5.41) is 3.13. The standard InChI is InChI=1S/C10H12ClN3O/c1-6-2-7(3-6)13-10(15)8-4-12-5-9(11)14-8/h4-7H,2-3H2,1H3,(H,13,15). The molecule has 1 saturated carbocycles. The van der Waals surface area contributed by atoms with Crippen molar-refractivity contribution in [1.82, 2.24) is 15.3 Å². The average Bonchev–Trinajstić information content (AvgIpc) is 2.15. The summed E-state index contributed by atoms with van der Waals surface area (Å²) < 4.78 is 0. The summed E-state index contributed by atoms with van der Waals surface area (Å²) in [5.41, 5.74) is 0.280. The number of halogens is 1. The van der Waals surface area contributed by atoms with Crippen LogP contribution in [0.5, 0.6) is 0 Å².